The van der Waals surface area contributed by atoms with Gasteiger partial charge in [0.25, 0.3) is 7.28 Å². The Labute approximate surface area is 110 Å². The van der Waals surface area contributed by atoms with Crippen LogP contribution in [0.15, 0.2) is 42.7 Å². The highest BCUT2D eigenvalue weighted by atomic mass is 19.4. The number of aryl methyl sites for hydroxylation is 2. The van der Waals surface area contributed by atoms with Gasteiger partial charge < -0.3 is 0 Å². The molecule has 2 rings (SSSR count). The van der Waals surface area contributed by atoms with Crippen molar-refractivity contribution < 1.29 is 17.7 Å². The molecule has 0 unspecified atom stereocenters. The van der Waals surface area contributed by atoms with E-state index in [0.717, 1.165) is 0 Å². The topological polar surface area (TPSA) is 8.81 Å². The van der Waals surface area contributed by atoms with E-state index in [4.69, 9.17) is 0 Å². The molecule has 0 amide bonds. The third-order valence-corrected chi connectivity index (χ3v) is 3.06. The summed E-state index contributed by atoms with van der Waals surface area (Å²) in [6.45, 7) is 0. The first-order chi connectivity index (χ1) is 8.89. The smallest absolute Gasteiger partial charge is 0.247 e. The van der Waals surface area contributed by atoms with Crippen LogP contribution in [0.25, 0.3) is 0 Å². The molecule has 1 radical (unpaired) electrons. The van der Waals surface area contributed by atoms with E-state index in [0.29, 0.717) is 5.72 Å². The lowest BCUT2D eigenvalue weighted by molar-refractivity contribution is -0.653. The van der Waals surface area contributed by atoms with Gasteiger partial charge in [0.05, 0.1) is 19.9 Å². The molecule has 0 saturated heterocycles. The number of imidazole rings is 1. The highest BCUT2D eigenvalue weighted by molar-refractivity contribution is 6.52. The fourth-order valence-corrected chi connectivity index (χ4v) is 2.03. The Balaban J connectivity index is 2.36. The molecule has 2 nitrogen and oxygen atoms in total. The highest BCUT2D eigenvalue weighted by Crippen LogP contribution is 2.33. The van der Waals surface area contributed by atoms with Crippen LogP contribution >= 0.6 is 0 Å². The number of aromatic nitrogens is 2. The molecule has 19 heavy (non-hydrogen) atoms. The predicted octanol–water partition coefficient (Wildman–Crippen LogP) is 1.48. The first kappa shape index (κ1) is 13.7. The van der Waals surface area contributed by atoms with Crippen LogP contribution in [0.1, 0.15) is 11.4 Å². The molecule has 0 fully saturated rings. The maximum atomic E-state index is 13.2. The lowest BCUT2D eigenvalue weighted by Crippen LogP contribution is -2.52. The van der Waals surface area contributed by atoms with E-state index in [-0.39, 0.29) is 5.56 Å². The number of halogens is 3. The maximum absolute atomic E-state index is 13.2. The molecular weight excluding hydrogens is 252 g/mol. The standard InChI is InChI=1S/C13H14BF3N2/c1-18-8-9-19(2)12(18)14-11(13(15,16)17)10-6-4-3-5-7-10/h3-9,11H,1-2H3/q+1/t11-/m1/s1. The Morgan fingerprint density at radius 2 is 1.84 bits per heavy atom. The van der Waals surface area contributed by atoms with E-state index >= 15 is 0 Å². The lowest BCUT2D eigenvalue weighted by Gasteiger charge is -2.18. The van der Waals surface area contributed by atoms with E-state index in [1.54, 1.807) is 53.8 Å². The Morgan fingerprint density at radius 3 is 2.32 bits per heavy atom. The Bertz CT molecular complexity index is 529. The number of rotatable bonds is 3. The molecule has 1 heterocycles. The second-order valence-electron chi connectivity index (χ2n) is 4.47. The molecule has 1 atom stereocenters. The summed E-state index contributed by atoms with van der Waals surface area (Å²) in [7, 11) is 4.70. The van der Waals surface area contributed by atoms with E-state index < -0.39 is 12.0 Å². The minimum absolute atomic E-state index is 0.246. The van der Waals surface area contributed by atoms with Crippen LogP contribution in [0.3, 0.4) is 0 Å². The van der Waals surface area contributed by atoms with Crippen molar-refractivity contribution in [3.8, 4) is 0 Å². The minimum atomic E-state index is -4.31. The summed E-state index contributed by atoms with van der Waals surface area (Å²) in [5.74, 6) is -1.60. The molecule has 6 heteroatoms. The zero-order valence-electron chi connectivity index (χ0n) is 10.7. The van der Waals surface area contributed by atoms with Gasteiger partial charge in [0, 0.05) is 0 Å². The number of nitrogens with zero attached hydrogens (tertiary/aromatic N) is 2. The van der Waals surface area contributed by atoms with Gasteiger partial charge in [-0.25, -0.2) is 9.13 Å². The second kappa shape index (κ2) is 5.11. The van der Waals surface area contributed by atoms with Crippen LogP contribution in [0.2, 0.25) is 0 Å². The van der Waals surface area contributed by atoms with Crippen molar-refractivity contribution in [2.75, 3.05) is 0 Å². The molecule has 1 aromatic heterocycles. The monoisotopic (exact) mass is 266 g/mol. The summed E-state index contributed by atoms with van der Waals surface area (Å²) in [5, 5.41) is 0. The summed E-state index contributed by atoms with van der Waals surface area (Å²) in [5.41, 5.74) is 0.766. The molecule has 0 aliphatic rings. The van der Waals surface area contributed by atoms with Crippen LogP contribution in [0, 0.1) is 0 Å². The quantitative estimate of drug-likeness (QED) is 0.588. The van der Waals surface area contributed by atoms with Gasteiger partial charge in [0.1, 0.15) is 12.4 Å². The van der Waals surface area contributed by atoms with Crippen molar-refractivity contribution in [3.05, 3.63) is 48.3 Å². The summed E-state index contributed by atoms with van der Waals surface area (Å²) in [4.78, 5) is 0. The molecule has 0 aliphatic heterocycles. The SMILES string of the molecule is Cn1cc[n+](C)c1[B][C@H](c1ccccc1)C(F)(F)F. The number of hydrogen-bond donors (Lipinski definition) is 0. The van der Waals surface area contributed by atoms with Crippen molar-refractivity contribution in [1.82, 2.24) is 4.57 Å². The molecule has 0 bridgehead atoms. The molecule has 0 saturated carbocycles. The molecule has 0 spiro atoms. The number of alkyl halides is 3. The average molecular weight is 266 g/mol. The van der Waals surface area contributed by atoms with Crippen LogP contribution < -0.4 is 10.3 Å². The van der Waals surface area contributed by atoms with Crippen molar-refractivity contribution in [2.24, 2.45) is 14.1 Å². The van der Waals surface area contributed by atoms with Gasteiger partial charge >= 0.3 is 6.18 Å². The first-order valence-electron chi connectivity index (χ1n) is 5.87. The van der Waals surface area contributed by atoms with Crippen molar-refractivity contribution in [3.63, 3.8) is 0 Å². The third kappa shape index (κ3) is 3.00. The Hall–Kier alpha value is -1.72. The predicted molar refractivity (Wildman–Crippen MR) is 67.2 cm³/mol. The van der Waals surface area contributed by atoms with Gasteiger partial charge in [-0.1, -0.05) is 30.3 Å². The first-order valence-corrected chi connectivity index (χ1v) is 5.87. The Morgan fingerprint density at radius 1 is 1.21 bits per heavy atom. The fourth-order valence-electron chi connectivity index (χ4n) is 2.03. The summed E-state index contributed by atoms with van der Waals surface area (Å²) < 4.78 is 43.0. The van der Waals surface area contributed by atoms with Gasteiger partial charge in [0.15, 0.2) is 5.72 Å². The van der Waals surface area contributed by atoms with Gasteiger partial charge in [-0.3, -0.25) is 0 Å². The van der Waals surface area contributed by atoms with Gasteiger partial charge in [-0.2, -0.15) is 13.2 Å². The zero-order valence-corrected chi connectivity index (χ0v) is 10.7. The summed E-state index contributed by atoms with van der Waals surface area (Å²) in [6.07, 6.45) is -0.854. The van der Waals surface area contributed by atoms with Crippen LogP contribution in [-0.4, -0.2) is 18.0 Å². The normalized spacial score (nSPS) is 13.3. The highest BCUT2D eigenvalue weighted by Gasteiger charge is 2.43. The van der Waals surface area contributed by atoms with E-state index in [1.807, 2.05) is 0 Å². The number of hydrogen-bond acceptors (Lipinski definition) is 0. The molecule has 0 N–H and O–H groups in total. The van der Waals surface area contributed by atoms with Gasteiger partial charge in [-0.05, 0) is 5.56 Å². The van der Waals surface area contributed by atoms with E-state index in [1.165, 1.54) is 19.4 Å². The third-order valence-electron chi connectivity index (χ3n) is 3.06. The number of benzene rings is 1. The minimum Gasteiger partial charge on any atom is -0.247 e. The Kier molecular flexibility index (Phi) is 3.69. The van der Waals surface area contributed by atoms with Crippen LogP contribution in [0.5, 0.6) is 0 Å². The zero-order chi connectivity index (χ0) is 14.0. The molecule has 2 aromatic rings. The van der Waals surface area contributed by atoms with Crippen molar-refractivity contribution in [2.45, 2.75) is 12.0 Å². The van der Waals surface area contributed by atoms with Gasteiger partial charge in [-0.15, -0.1) is 0 Å². The molecule has 99 valence electrons. The molecule has 1 aromatic carbocycles. The van der Waals surface area contributed by atoms with E-state index in [9.17, 15) is 13.2 Å². The van der Waals surface area contributed by atoms with Crippen molar-refractivity contribution >= 4 is 13.0 Å². The lowest BCUT2D eigenvalue weighted by atomic mass is 9.60. The average Bonchev–Trinajstić information content (AvgIpc) is 2.66. The summed E-state index contributed by atoms with van der Waals surface area (Å²) in [6, 6.07) is 7.94. The van der Waals surface area contributed by atoms with Gasteiger partial charge in [0.2, 0.25) is 0 Å². The summed E-state index contributed by atoms with van der Waals surface area (Å²) >= 11 is 0. The fraction of sp³-hybridized carbons (Fsp3) is 0.308. The van der Waals surface area contributed by atoms with Crippen molar-refractivity contribution in [1.29, 1.82) is 0 Å². The second-order valence-corrected chi connectivity index (χ2v) is 4.47. The maximum Gasteiger partial charge on any atom is 0.389 e. The largest absolute Gasteiger partial charge is 0.389 e. The molecular formula is C13H14BF3N2+. The van der Waals surface area contributed by atoms with E-state index in [2.05, 4.69) is 0 Å². The van der Waals surface area contributed by atoms with Crippen LogP contribution in [-0.2, 0) is 14.1 Å². The molecule has 0 aliphatic carbocycles. The van der Waals surface area contributed by atoms with Crippen LogP contribution in [0.4, 0.5) is 13.2 Å².